The highest BCUT2D eigenvalue weighted by Crippen LogP contribution is 2.22. The molecule has 0 aromatic carbocycles. The molecule has 0 spiro atoms. The van der Waals surface area contributed by atoms with E-state index < -0.39 is 0 Å². The van der Waals surface area contributed by atoms with Crippen molar-refractivity contribution in [2.75, 3.05) is 13.2 Å². The van der Waals surface area contributed by atoms with Crippen molar-refractivity contribution in [3.63, 3.8) is 0 Å². The van der Waals surface area contributed by atoms with E-state index in [0.717, 1.165) is 10.9 Å². The van der Waals surface area contributed by atoms with Gasteiger partial charge in [0.2, 0.25) is 0 Å². The van der Waals surface area contributed by atoms with Crippen LogP contribution in [0.1, 0.15) is 16.1 Å². The lowest BCUT2D eigenvalue weighted by molar-refractivity contribution is 0.0954. The van der Waals surface area contributed by atoms with Crippen LogP contribution in [0.15, 0.2) is 28.8 Å². The Morgan fingerprint density at radius 3 is 3.13 bits per heavy atom. The van der Waals surface area contributed by atoms with Gasteiger partial charge in [-0.1, -0.05) is 6.58 Å². The first-order valence-corrected chi connectivity index (χ1v) is 6.16. The van der Waals surface area contributed by atoms with Gasteiger partial charge < -0.3 is 10.1 Å². The summed E-state index contributed by atoms with van der Waals surface area (Å²) in [6, 6.07) is 1.86. The summed E-state index contributed by atoms with van der Waals surface area (Å²) < 4.78 is 5.78. The maximum absolute atomic E-state index is 11.6. The van der Waals surface area contributed by atoms with Crippen molar-refractivity contribution in [1.82, 2.24) is 5.32 Å². The summed E-state index contributed by atoms with van der Waals surface area (Å²) in [7, 11) is 0. The Balaban J connectivity index is 2.25. The van der Waals surface area contributed by atoms with Gasteiger partial charge in [0.15, 0.2) is 0 Å². The molecule has 0 saturated heterocycles. The Morgan fingerprint density at radius 2 is 2.53 bits per heavy atom. The van der Waals surface area contributed by atoms with E-state index in [-0.39, 0.29) is 5.91 Å². The third-order valence-corrected chi connectivity index (χ3v) is 3.50. The van der Waals surface area contributed by atoms with Crippen LogP contribution in [-0.2, 0) is 4.74 Å². The fourth-order valence-electron chi connectivity index (χ4n) is 0.977. The molecule has 1 aromatic heterocycles. The van der Waals surface area contributed by atoms with Crippen molar-refractivity contribution in [2.45, 2.75) is 6.42 Å². The third kappa shape index (κ3) is 4.05. The number of rotatable bonds is 6. The zero-order valence-corrected chi connectivity index (χ0v) is 10.6. The van der Waals surface area contributed by atoms with Gasteiger partial charge in [0.25, 0.3) is 5.91 Å². The minimum atomic E-state index is -0.0459. The largest absolute Gasteiger partial charge is 0.502 e. The number of halogens is 1. The van der Waals surface area contributed by atoms with Crippen molar-refractivity contribution in [3.8, 4) is 0 Å². The zero-order valence-electron chi connectivity index (χ0n) is 8.16. The standard InChI is InChI=1S/C10H12BrNO2S/c1-2-14-6-3-5-12-10(13)9-8(11)4-7-15-9/h2,4,7H,1,3,5-6H2,(H,12,13). The molecule has 1 heterocycles. The topological polar surface area (TPSA) is 38.3 Å². The van der Waals surface area contributed by atoms with Crippen molar-refractivity contribution >= 4 is 33.2 Å². The van der Waals surface area contributed by atoms with Crippen molar-refractivity contribution in [3.05, 3.63) is 33.6 Å². The lowest BCUT2D eigenvalue weighted by Gasteiger charge is -2.03. The molecule has 1 aromatic rings. The second kappa shape index (κ2) is 6.63. The van der Waals surface area contributed by atoms with E-state index >= 15 is 0 Å². The average molecular weight is 290 g/mol. The Kier molecular flexibility index (Phi) is 5.42. The summed E-state index contributed by atoms with van der Waals surface area (Å²) in [4.78, 5) is 12.3. The van der Waals surface area contributed by atoms with Gasteiger partial charge in [0, 0.05) is 11.0 Å². The Hall–Kier alpha value is -0.810. The molecule has 0 radical (unpaired) electrons. The van der Waals surface area contributed by atoms with E-state index in [1.165, 1.54) is 17.6 Å². The second-order valence-corrected chi connectivity index (χ2v) is 4.52. The van der Waals surface area contributed by atoms with E-state index in [9.17, 15) is 4.79 Å². The maximum atomic E-state index is 11.6. The van der Waals surface area contributed by atoms with Crippen molar-refractivity contribution < 1.29 is 9.53 Å². The fraction of sp³-hybridized carbons (Fsp3) is 0.300. The average Bonchev–Trinajstić information content (AvgIpc) is 2.64. The summed E-state index contributed by atoms with van der Waals surface area (Å²) in [6.07, 6.45) is 2.18. The molecule has 0 aliphatic rings. The minimum Gasteiger partial charge on any atom is -0.502 e. The molecule has 3 nitrogen and oxygen atoms in total. The number of carbonyl (C=O) groups excluding carboxylic acids is 1. The fourth-order valence-corrected chi connectivity index (χ4v) is 2.44. The van der Waals surface area contributed by atoms with Gasteiger partial charge in [-0.15, -0.1) is 11.3 Å². The molecule has 1 amide bonds. The number of nitrogens with one attached hydrogen (secondary N) is 1. The van der Waals surface area contributed by atoms with Gasteiger partial charge in [-0.25, -0.2) is 0 Å². The first-order chi connectivity index (χ1) is 7.25. The lowest BCUT2D eigenvalue weighted by Crippen LogP contribution is -2.24. The van der Waals surface area contributed by atoms with E-state index in [1.54, 1.807) is 0 Å². The van der Waals surface area contributed by atoms with Crippen LogP contribution >= 0.6 is 27.3 Å². The predicted molar refractivity (Wildman–Crippen MR) is 65.1 cm³/mol. The van der Waals surface area contributed by atoms with Gasteiger partial charge in [0.05, 0.1) is 12.9 Å². The first-order valence-electron chi connectivity index (χ1n) is 4.49. The molecule has 1 N–H and O–H groups in total. The minimum absolute atomic E-state index is 0.0459. The smallest absolute Gasteiger partial charge is 0.262 e. The number of hydrogen-bond acceptors (Lipinski definition) is 3. The van der Waals surface area contributed by atoms with Crippen LogP contribution in [-0.4, -0.2) is 19.1 Å². The zero-order chi connectivity index (χ0) is 11.1. The van der Waals surface area contributed by atoms with Gasteiger partial charge in [0.1, 0.15) is 4.88 Å². The molecule has 1 rings (SSSR count). The van der Waals surface area contributed by atoms with Crippen LogP contribution in [0, 0.1) is 0 Å². The molecule has 82 valence electrons. The molecular weight excluding hydrogens is 278 g/mol. The molecule has 0 fully saturated rings. The van der Waals surface area contributed by atoms with Crippen LogP contribution in [0.25, 0.3) is 0 Å². The molecule has 5 heteroatoms. The second-order valence-electron chi connectivity index (χ2n) is 2.74. The van der Waals surface area contributed by atoms with E-state index in [4.69, 9.17) is 4.74 Å². The summed E-state index contributed by atoms with van der Waals surface area (Å²) in [6.45, 7) is 4.62. The SMILES string of the molecule is C=COCCCNC(=O)c1sccc1Br. The normalized spacial score (nSPS) is 9.67. The van der Waals surface area contributed by atoms with Crippen molar-refractivity contribution in [2.24, 2.45) is 0 Å². The van der Waals surface area contributed by atoms with Crippen LogP contribution in [0.5, 0.6) is 0 Å². The summed E-state index contributed by atoms with van der Waals surface area (Å²) in [5.41, 5.74) is 0. The van der Waals surface area contributed by atoms with Gasteiger partial charge in [-0.2, -0.15) is 0 Å². The van der Waals surface area contributed by atoms with Crippen LogP contribution in [0.3, 0.4) is 0 Å². The first kappa shape index (κ1) is 12.3. The highest BCUT2D eigenvalue weighted by atomic mass is 79.9. The third-order valence-electron chi connectivity index (χ3n) is 1.67. The van der Waals surface area contributed by atoms with Gasteiger partial charge in [-0.05, 0) is 33.8 Å². The quantitative estimate of drug-likeness (QED) is 0.646. The number of hydrogen-bond donors (Lipinski definition) is 1. The van der Waals surface area contributed by atoms with E-state index in [1.807, 2.05) is 11.4 Å². The van der Waals surface area contributed by atoms with Crippen LogP contribution < -0.4 is 5.32 Å². The van der Waals surface area contributed by atoms with E-state index in [0.29, 0.717) is 18.0 Å². The van der Waals surface area contributed by atoms with Crippen LogP contribution in [0.2, 0.25) is 0 Å². The molecule has 0 saturated carbocycles. The highest BCUT2D eigenvalue weighted by molar-refractivity contribution is 9.10. The van der Waals surface area contributed by atoms with Crippen LogP contribution in [0.4, 0.5) is 0 Å². The number of thiophene rings is 1. The van der Waals surface area contributed by atoms with Crippen molar-refractivity contribution in [1.29, 1.82) is 0 Å². The number of carbonyl (C=O) groups is 1. The Bertz CT molecular complexity index is 338. The highest BCUT2D eigenvalue weighted by Gasteiger charge is 2.09. The number of amides is 1. The van der Waals surface area contributed by atoms with E-state index in [2.05, 4.69) is 27.8 Å². The van der Waals surface area contributed by atoms with Gasteiger partial charge >= 0.3 is 0 Å². The Labute approximate surface area is 101 Å². The monoisotopic (exact) mass is 289 g/mol. The maximum Gasteiger partial charge on any atom is 0.262 e. The predicted octanol–water partition coefficient (Wildman–Crippen LogP) is 2.79. The molecular formula is C10H12BrNO2S. The molecule has 0 aliphatic carbocycles. The molecule has 0 bridgehead atoms. The molecule has 0 unspecified atom stereocenters. The summed E-state index contributed by atoms with van der Waals surface area (Å²) in [5, 5.41) is 4.69. The summed E-state index contributed by atoms with van der Waals surface area (Å²) in [5.74, 6) is -0.0459. The Morgan fingerprint density at radius 1 is 1.73 bits per heavy atom. The lowest BCUT2D eigenvalue weighted by atomic mass is 10.4. The van der Waals surface area contributed by atoms with Gasteiger partial charge in [-0.3, -0.25) is 4.79 Å². The number of ether oxygens (including phenoxy) is 1. The summed E-state index contributed by atoms with van der Waals surface area (Å²) >= 11 is 4.73. The molecule has 0 aliphatic heterocycles. The molecule has 0 atom stereocenters. The molecule has 15 heavy (non-hydrogen) atoms.